The highest BCUT2D eigenvalue weighted by Gasteiger charge is 2.12. The van der Waals surface area contributed by atoms with Crippen LogP contribution in [0.15, 0.2) is 43.1 Å². The van der Waals surface area contributed by atoms with Crippen LogP contribution in [0.3, 0.4) is 0 Å². The van der Waals surface area contributed by atoms with Crippen molar-refractivity contribution >= 4 is 10.9 Å². The van der Waals surface area contributed by atoms with E-state index in [1.54, 1.807) is 18.7 Å². The van der Waals surface area contributed by atoms with E-state index < -0.39 is 0 Å². The van der Waals surface area contributed by atoms with Gasteiger partial charge in [0.2, 0.25) is 0 Å². The van der Waals surface area contributed by atoms with Crippen molar-refractivity contribution in [3.63, 3.8) is 0 Å². The van der Waals surface area contributed by atoms with Crippen molar-refractivity contribution in [2.24, 2.45) is 7.05 Å². The van der Waals surface area contributed by atoms with Crippen LogP contribution in [0.25, 0.3) is 33.5 Å². The topological polar surface area (TPSA) is 72.3 Å². The smallest absolute Gasteiger partial charge is 0.0948 e. The van der Waals surface area contributed by atoms with Crippen molar-refractivity contribution in [3.8, 4) is 22.6 Å². The Bertz CT molecular complexity index is 966. The molecule has 4 aromatic rings. The van der Waals surface area contributed by atoms with Gasteiger partial charge in [-0.1, -0.05) is 0 Å². The van der Waals surface area contributed by atoms with Crippen LogP contribution in [-0.4, -0.2) is 29.7 Å². The Morgan fingerprint density at radius 2 is 2.05 bits per heavy atom. The maximum absolute atomic E-state index is 4.70. The number of aryl methyl sites for hydroxylation is 2. The van der Waals surface area contributed by atoms with Crippen LogP contribution in [-0.2, 0) is 7.05 Å². The molecule has 6 heteroatoms. The van der Waals surface area contributed by atoms with Crippen LogP contribution in [0.1, 0.15) is 5.69 Å². The van der Waals surface area contributed by atoms with Gasteiger partial charge in [0, 0.05) is 24.2 Å². The molecule has 0 aliphatic carbocycles. The monoisotopic (exact) mass is 290 g/mol. The average Bonchev–Trinajstić information content (AvgIpc) is 3.15. The summed E-state index contributed by atoms with van der Waals surface area (Å²) in [5.41, 5.74) is 5.64. The SMILES string of the molecule is Cc1cc(-c2cc(-c3cncn3C)c3ccncc3n2)[nH]n1. The summed E-state index contributed by atoms with van der Waals surface area (Å²) in [5.74, 6) is 0. The molecule has 0 fully saturated rings. The Morgan fingerprint density at radius 1 is 1.14 bits per heavy atom. The molecule has 1 N–H and O–H groups in total. The summed E-state index contributed by atoms with van der Waals surface area (Å²) < 4.78 is 2.00. The highest BCUT2D eigenvalue weighted by atomic mass is 15.1. The van der Waals surface area contributed by atoms with Crippen LogP contribution in [0.2, 0.25) is 0 Å². The van der Waals surface area contributed by atoms with E-state index in [2.05, 4.69) is 26.2 Å². The molecule has 0 aliphatic heterocycles. The van der Waals surface area contributed by atoms with Gasteiger partial charge in [-0.05, 0) is 25.1 Å². The third-order valence-electron chi connectivity index (χ3n) is 3.69. The Labute approximate surface area is 126 Å². The lowest BCUT2D eigenvalue weighted by atomic mass is 10.1. The van der Waals surface area contributed by atoms with E-state index in [9.17, 15) is 0 Å². The zero-order chi connectivity index (χ0) is 15.1. The fourth-order valence-electron chi connectivity index (χ4n) is 2.60. The van der Waals surface area contributed by atoms with E-state index in [0.717, 1.165) is 39.2 Å². The molecule has 0 unspecified atom stereocenters. The Balaban J connectivity index is 2.03. The summed E-state index contributed by atoms with van der Waals surface area (Å²) in [6.07, 6.45) is 7.21. The van der Waals surface area contributed by atoms with Gasteiger partial charge in [-0.3, -0.25) is 10.1 Å². The minimum Gasteiger partial charge on any atom is -0.334 e. The van der Waals surface area contributed by atoms with Crippen molar-refractivity contribution in [3.05, 3.63) is 48.8 Å². The number of pyridine rings is 2. The summed E-state index contributed by atoms with van der Waals surface area (Å²) in [5, 5.41) is 8.26. The lowest BCUT2D eigenvalue weighted by Gasteiger charge is -2.09. The fourth-order valence-corrected chi connectivity index (χ4v) is 2.60. The van der Waals surface area contributed by atoms with Gasteiger partial charge in [-0.25, -0.2) is 9.97 Å². The molecule has 108 valence electrons. The van der Waals surface area contributed by atoms with Crippen molar-refractivity contribution < 1.29 is 0 Å². The molecule has 4 aromatic heterocycles. The second-order valence-electron chi connectivity index (χ2n) is 5.26. The van der Waals surface area contributed by atoms with Gasteiger partial charge >= 0.3 is 0 Å². The zero-order valence-corrected chi connectivity index (χ0v) is 12.3. The number of aromatic amines is 1. The van der Waals surface area contributed by atoms with Crippen molar-refractivity contribution in [1.82, 2.24) is 29.7 Å². The second-order valence-corrected chi connectivity index (χ2v) is 5.26. The summed E-state index contributed by atoms with van der Waals surface area (Å²) in [6.45, 7) is 1.95. The molecule has 0 saturated carbocycles. The van der Waals surface area contributed by atoms with Crippen molar-refractivity contribution in [2.75, 3.05) is 0 Å². The predicted molar refractivity (Wildman–Crippen MR) is 84.1 cm³/mol. The number of hydrogen-bond donors (Lipinski definition) is 1. The first-order valence-electron chi connectivity index (χ1n) is 6.96. The molecule has 0 atom stereocenters. The number of imidazole rings is 1. The van der Waals surface area contributed by atoms with Crippen LogP contribution >= 0.6 is 0 Å². The largest absolute Gasteiger partial charge is 0.334 e. The first kappa shape index (κ1) is 12.7. The van der Waals surface area contributed by atoms with Gasteiger partial charge in [-0.15, -0.1) is 0 Å². The summed E-state index contributed by atoms with van der Waals surface area (Å²) in [4.78, 5) is 13.1. The first-order valence-corrected chi connectivity index (χ1v) is 6.96. The summed E-state index contributed by atoms with van der Waals surface area (Å²) in [6, 6.07) is 6.02. The van der Waals surface area contributed by atoms with Crippen LogP contribution in [0.4, 0.5) is 0 Å². The molecule has 0 radical (unpaired) electrons. The Morgan fingerprint density at radius 3 is 2.77 bits per heavy atom. The predicted octanol–water partition coefficient (Wildman–Crippen LogP) is 2.73. The Hall–Kier alpha value is -3.02. The number of rotatable bonds is 2. The van der Waals surface area contributed by atoms with E-state index in [4.69, 9.17) is 4.98 Å². The highest BCUT2D eigenvalue weighted by molar-refractivity contribution is 5.95. The minimum absolute atomic E-state index is 0.845. The number of aromatic nitrogens is 6. The molecule has 6 nitrogen and oxygen atoms in total. The second kappa shape index (κ2) is 4.77. The quantitative estimate of drug-likeness (QED) is 0.616. The molecule has 0 aliphatic rings. The highest BCUT2D eigenvalue weighted by Crippen LogP contribution is 2.30. The standard InChI is InChI=1S/C16H14N6/c1-10-5-14(21-20-10)13-6-12(16-8-18-9-22(16)2)11-3-4-17-7-15(11)19-13/h3-9H,1-2H3,(H,20,21). The number of fused-ring (bicyclic) bond motifs is 1. The molecule has 0 aromatic carbocycles. The maximum atomic E-state index is 4.70. The molecular weight excluding hydrogens is 276 g/mol. The fraction of sp³-hybridized carbons (Fsp3) is 0.125. The van der Waals surface area contributed by atoms with E-state index in [1.807, 2.05) is 36.9 Å². The molecular formula is C16H14N6. The normalized spacial score (nSPS) is 11.2. The molecule has 0 amide bonds. The van der Waals surface area contributed by atoms with Crippen LogP contribution in [0.5, 0.6) is 0 Å². The van der Waals surface area contributed by atoms with E-state index in [-0.39, 0.29) is 0 Å². The molecule has 0 bridgehead atoms. The van der Waals surface area contributed by atoms with Crippen molar-refractivity contribution in [2.45, 2.75) is 6.92 Å². The molecule has 4 rings (SSSR count). The van der Waals surface area contributed by atoms with Crippen LogP contribution in [0, 0.1) is 6.92 Å². The van der Waals surface area contributed by atoms with E-state index >= 15 is 0 Å². The molecule has 22 heavy (non-hydrogen) atoms. The van der Waals surface area contributed by atoms with E-state index in [1.165, 1.54) is 0 Å². The molecule has 0 spiro atoms. The summed E-state index contributed by atoms with van der Waals surface area (Å²) >= 11 is 0. The zero-order valence-electron chi connectivity index (χ0n) is 12.3. The van der Waals surface area contributed by atoms with Gasteiger partial charge < -0.3 is 4.57 Å². The van der Waals surface area contributed by atoms with Gasteiger partial charge in [0.1, 0.15) is 0 Å². The van der Waals surface area contributed by atoms with Gasteiger partial charge in [0.25, 0.3) is 0 Å². The van der Waals surface area contributed by atoms with Crippen molar-refractivity contribution in [1.29, 1.82) is 0 Å². The van der Waals surface area contributed by atoms with Gasteiger partial charge in [0.15, 0.2) is 0 Å². The number of H-pyrrole nitrogens is 1. The van der Waals surface area contributed by atoms with Gasteiger partial charge in [-0.2, -0.15) is 5.10 Å². The molecule has 4 heterocycles. The third-order valence-corrected chi connectivity index (χ3v) is 3.69. The lowest BCUT2D eigenvalue weighted by Crippen LogP contribution is -1.94. The molecule has 0 saturated heterocycles. The third kappa shape index (κ3) is 1.96. The number of nitrogens with one attached hydrogen (secondary N) is 1. The average molecular weight is 290 g/mol. The maximum Gasteiger partial charge on any atom is 0.0948 e. The number of nitrogens with zero attached hydrogens (tertiary/aromatic N) is 5. The number of hydrogen-bond acceptors (Lipinski definition) is 4. The minimum atomic E-state index is 0.845. The van der Waals surface area contributed by atoms with Crippen LogP contribution < -0.4 is 0 Å². The lowest BCUT2D eigenvalue weighted by molar-refractivity contribution is 0.922. The summed E-state index contributed by atoms with van der Waals surface area (Å²) in [7, 11) is 1.98. The van der Waals surface area contributed by atoms with E-state index in [0.29, 0.717) is 0 Å². The van der Waals surface area contributed by atoms with Gasteiger partial charge in [0.05, 0.1) is 47.0 Å². The first-order chi connectivity index (χ1) is 10.7. The Kier molecular flexibility index (Phi) is 2.75.